The standard InChI is InChI=1S/C31H37ClF3N7O4/c1-39(2)21-8-12-40(13-9-21)28(43)25(18-19-16-23(31(33,34)35)26(36)24(32)17-19)46-30(45)41-14-10-22(11-15-41)42-29(44)37-27(38-42)20-6-4-3-5-7-20/h3-7,16-17,21-22,25H,8-15,18,36H2,1-2H3,(H,37,38,44)/t25-/m1/s1. The molecule has 2 aliphatic rings. The third-order valence-corrected chi connectivity index (χ3v) is 9.01. The van der Waals surface area contributed by atoms with Crippen LogP contribution in [0.4, 0.5) is 23.7 Å². The fraction of sp³-hybridized carbons (Fsp3) is 0.484. The number of amides is 2. The maximum absolute atomic E-state index is 13.7. The van der Waals surface area contributed by atoms with E-state index in [0.29, 0.717) is 44.6 Å². The van der Waals surface area contributed by atoms with Crippen molar-refractivity contribution in [1.29, 1.82) is 0 Å². The number of likely N-dealkylation sites (tertiary alicyclic amines) is 2. The quantitative estimate of drug-likeness (QED) is 0.358. The molecule has 11 nitrogen and oxygen atoms in total. The van der Waals surface area contributed by atoms with Gasteiger partial charge in [-0.05, 0) is 57.5 Å². The van der Waals surface area contributed by atoms with Crippen LogP contribution in [0.3, 0.4) is 0 Å². The van der Waals surface area contributed by atoms with Gasteiger partial charge in [-0.3, -0.25) is 9.78 Å². The van der Waals surface area contributed by atoms with Crippen LogP contribution in [-0.2, 0) is 22.1 Å². The number of aromatic nitrogens is 3. The number of hydrogen-bond acceptors (Lipinski definition) is 7. The number of anilines is 1. The van der Waals surface area contributed by atoms with Gasteiger partial charge < -0.3 is 25.2 Å². The minimum atomic E-state index is -4.77. The molecule has 0 radical (unpaired) electrons. The van der Waals surface area contributed by atoms with E-state index >= 15 is 0 Å². The van der Waals surface area contributed by atoms with Crippen LogP contribution in [0.5, 0.6) is 0 Å². The van der Waals surface area contributed by atoms with Gasteiger partial charge in [0, 0.05) is 44.2 Å². The summed E-state index contributed by atoms with van der Waals surface area (Å²) >= 11 is 6.05. The zero-order chi connectivity index (χ0) is 33.2. The molecule has 2 aliphatic heterocycles. The van der Waals surface area contributed by atoms with Gasteiger partial charge in [0.25, 0.3) is 5.91 Å². The first-order chi connectivity index (χ1) is 21.8. The van der Waals surface area contributed by atoms with Crippen LogP contribution in [0.2, 0.25) is 5.02 Å². The molecular formula is C31H37ClF3N7O4. The van der Waals surface area contributed by atoms with Crippen molar-refractivity contribution in [2.24, 2.45) is 0 Å². The number of H-pyrrole nitrogens is 1. The number of benzene rings is 2. The Labute approximate surface area is 269 Å². The summed E-state index contributed by atoms with van der Waals surface area (Å²) in [6.45, 7) is 1.29. The molecule has 2 aromatic carbocycles. The molecule has 1 aromatic heterocycles. The number of carbonyl (C=O) groups is 2. The Kier molecular flexibility index (Phi) is 9.96. The minimum Gasteiger partial charge on any atom is -0.436 e. The Morgan fingerprint density at radius 3 is 2.30 bits per heavy atom. The van der Waals surface area contributed by atoms with Crippen LogP contribution in [-0.4, -0.2) is 93.9 Å². The number of alkyl halides is 3. The molecule has 3 aromatic rings. The van der Waals surface area contributed by atoms with Gasteiger partial charge in [0.2, 0.25) is 0 Å². The highest BCUT2D eigenvalue weighted by Gasteiger charge is 2.37. The monoisotopic (exact) mass is 663 g/mol. The summed E-state index contributed by atoms with van der Waals surface area (Å²) in [5.74, 6) is -0.0432. The van der Waals surface area contributed by atoms with E-state index in [1.165, 1.54) is 15.6 Å². The normalized spacial score (nSPS) is 17.4. The second-order valence-corrected chi connectivity index (χ2v) is 12.3. The summed E-state index contributed by atoms with van der Waals surface area (Å²) < 4.78 is 48.2. The molecule has 2 amide bonds. The molecule has 5 rings (SSSR count). The molecule has 0 bridgehead atoms. The molecule has 0 spiro atoms. The predicted molar refractivity (Wildman–Crippen MR) is 166 cm³/mol. The maximum atomic E-state index is 13.7. The summed E-state index contributed by atoms with van der Waals surface area (Å²) in [5, 5.41) is 4.15. The van der Waals surface area contributed by atoms with Crippen molar-refractivity contribution in [3.8, 4) is 11.4 Å². The first-order valence-electron chi connectivity index (χ1n) is 15.1. The Balaban J connectivity index is 1.30. The molecule has 2 fully saturated rings. The third kappa shape index (κ3) is 7.49. The Morgan fingerprint density at radius 1 is 1.07 bits per heavy atom. The van der Waals surface area contributed by atoms with Crippen LogP contribution < -0.4 is 11.4 Å². The maximum Gasteiger partial charge on any atom is 0.418 e. The number of rotatable bonds is 7. The average molecular weight is 664 g/mol. The zero-order valence-electron chi connectivity index (χ0n) is 25.6. The second-order valence-electron chi connectivity index (χ2n) is 11.9. The molecule has 15 heteroatoms. The van der Waals surface area contributed by atoms with Crippen molar-refractivity contribution in [2.45, 2.75) is 56.5 Å². The van der Waals surface area contributed by atoms with Crippen LogP contribution in [0.1, 0.15) is 42.9 Å². The third-order valence-electron chi connectivity index (χ3n) is 8.70. The van der Waals surface area contributed by atoms with Gasteiger partial charge in [-0.25, -0.2) is 14.3 Å². The highest BCUT2D eigenvalue weighted by Crippen LogP contribution is 2.38. The van der Waals surface area contributed by atoms with E-state index in [1.807, 2.05) is 44.4 Å². The predicted octanol–water partition coefficient (Wildman–Crippen LogP) is 4.43. The van der Waals surface area contributed by atoms with E-state index in [9.17, 15) is 27.6 Å². The van der Waals surface area contributed by atoms with Crippen LogP contribution in [0.25, 0.3) is 11.4 Å². The van der Waals surface area contributed by atoms with E-state index in [1.54, 1.807) is 4.90 Å². The number of carbonyl (C=O) groups excluding carboxylic acids is 2. The Bertz CT molecular complexity index is 1600. The van der Waals surface area contributed by atoms with Gasteiger partial charge in [0.1, 0.15) is 0 Å². The summed E-state index contributed by atoms with van der Waals surface area (Å²) in [6, 6.07) is 11.3. The summed E-state index contributed by atoms with van der Waals surface area (Å²) in [4.78, 5) is 47.6. The van der Waals surface area contributed by atoms with Gasteiger partial charge in [-0.1, -0.05) is 41.9 Å². The van der Waals surface area contributed by atoms with E-state index in [0.717, 1.165) is 11.6 Å². The number of aromatic amines is 1. The lowest BCUT2D eigenvalue weighted by Crippen LogP contribution is -2.50. The van der Waals surface area contributed by atoms with Crippen molar-refractivity contribution in [3.05, 3.63) is 69.1 Å². The highest BCUT2D eigenvalue weighted by atomic mass is 35.5. The zero-order valence-corrected chi connectivity index (χ0v) is 26.4. The summed E-state index contributed by atoms with van der Waals surface area (Å²) in [5.41, 5.74) is 4.34. The SMILES string of the molecule is CN(C)C1CCN(C(=O)[C@@H](Cc2cc(Cl)c(N)c(C(F)(F)F)c2)OC(=O)N2CCC(n3nc(-c4ccccc4)[nH]c3=O)CC2)CC1. The lowest BCUT2D eigenvalue weighted by molar-refractivity contribution is -0.142. The first-order valence-corrected chi connectivity index (χ1v) is 15.5. The van der Waals surface area contributed by atoms with E-state index < -0.39 is 35.5 Å². The van der Waals surface area contributed by atoms with Crippen LogP contribution >= 0.6 is 11.6 Å². The number of nitrogens with zero attached hydrogens (tertiary/aromatic N) is 5. The summed E-state index contributed by atoms with van der Waals surface area (Å²) in [6.07, 6.45) is -5.00. The number of nitrogens with two attached hydrogens (primary N) is 1. The Hall–Kier alpha value is -4.04. The molecule has 0 unspecified atom stereocenters. The molecule has 2 saturated heterocycles. The van der Waals surface area contributed by atoms with Gasteiger partial charge in [0.15, 0.2) is 11.9 Å². The fourth-order valence-corrected chi connectivity index (χ4v) is 6.27. The molecule has 0 aliphatic carbocycles. The number of ether oxygens (including phenoxy) is 1. The van der Waals surface area contributed by atoms with Gasteiger partial charge >= 0.3 is 18.0 Å². The van der Waals surface area contributed by atoms with Crippen molar-refractivity contribution in [1.82, 2.24) is 29.5 Å². The van der Waals surface area contributed by atoms with Crippen LogP contribution in [0.15, 0.2) is 47.3 Å². The van der Waals surface area contributed by atoms with Gasteiger partial charge in [-0.15, -0.1) is 5.10 Å². The molecule has 0 saturated carbocycles. The summed E-state index contributed by atoms with van der Waals surface area (Å²) in [7, 11) is 3.92. The molecule has 3 heterocycles. The van der Waals surface area contributed by atoms with E-state index in [4.69, 9.17) is 22.1 Å². The molecule has 46 heavy (non-hydrogen) atoms. The smallest absolute Gasteiger partial charge is 0.418 e. The minimum absolute atomic E-state index is 0.0617. The number of hydrogen-bond donors (Lipinski definition) is 2. The number of nitrogen functional groups attached to an aromatic ring is 1. The number of piperidine rings is 2. The van der Waals surface area contributed by atoms with Gasteiger partial charge in [0.05, 0.1) is 22.3 Å². The second kappa shape index (κ2) is 13.8. The lowest BCUT2D eigenvalue weighted by Gasteiger charge is -2.37. The topological polar surface area (TPSA) is 130 Å². The molecule has 1 atom stereocenters. The van der Waals surface area contributed by atoms with Gasteiger partial charge in [-0.2, -0.15) is 13.2 Å². The van der Waals surface area contributed by atoms with Crippen molar-refractivity contribution in [3.63, 3.8) is 0 Å². The molecule has 3 N–H and O–H groups in total. The highest BCUT2D eigenvalue weighted by molar-refractivity contribution is 6.33. The first kappa shape index (κ1) is 33.3. The van der Waals surface area contributed by atoms with E-state index in [2.05, 4.69) is 15.0 Å². The Morgan fingerprint density at radius 2 is 1.70 bits per heavy atom. The van der Waals surface area contributed by atoms with Crippen molar-refractivity contribution < 1.29 is 27.5 Å². The van der Waals surface area contributed by atoms with Crippen molar-refractivity contribution >= 4 is 29.3 Å². The lowest BCUT2D eigenvalue weighted by atomic mass is 10.00. The fourth-order valence-electron chi connectivity index (χ4n) is 6.03. The number of halogens is 4. The largest absolute Gasteiger partial charge is 0.436 e. The molecule has 248 valence electrons. The van der Waals surface area contributed by atoms with E-state index in [-0.39, 0.29) is 47.9 Å². The average Bonchev–Trinajstić information content (AvgIpc) is 3.43. The van der Waals surface area contributed by atoms with Crippen LogP contribution in [0, 0.1) is 0 Å². The van der Waals surface area contributed by atoms with Crippen molar-refractivity contribution in [2.75, 3.05) is 46.0 Å². The molecular weight excluding hydrogens is 627 g/mol. The number of nitrogens with one attached hydrogen (secondary N) is 1.